The number of hydrogen-bond donors (Lipinski definition) is 1. The third-order valence-electron chi connectivity index (χ3n) is 5.00. The number of carbonyl (C=O) groups is 2. The fourth-order valence-corrected chi connectivity index (χ4v) is 4.64. The highest BCUT2D eigenvalue weighted by Gasteiger charge is 2.27. The molecular weight excluding hydrogens is 510 g/mol. The molecule has 0 aliphatic rings. The smallest absolute Gasteiger partial charge is 0.242 e. The third kappa shape index (κ3) is 8.03. The van der Waals surface area contributed by atoms with Crippen molar-refractivity contribution in [1.82, 2.24) is 10.2 Å². The second-order valence-corrected chi connectivity index (χ2v) is 10.1. The maximum Gasteiger partial charge on any atom is 0.242 e. The Morgan fingerprint density at radius 3 is 2.34 bits per heavy atom. The first-order valence-electron chi connectivity index (χ1n) is 10.2. The summed E-state index contributed by atoms with van der Waals surface area (Å²) < 4.78 is 0. The van der Waals surface area contributed by atoms with Gasteiger partial charge in [-0.15, -0.1) is 11.8 Å². The van der Waals surface area contributed by atoms with E-state index in [2.05, 4.69) is 5.32 Å². The molecular formula is C23H26Cl4N2O2S. The van der Waals surface area contributed by atoms with Crippen molar-refractivity contribution in [2.45, 2.75) is 51.6 Å². The number of rotatable bonds is 10. The summed E-state index contributed by atoms with van der Waals surface area (Å²) in [6.45, 7) is 5.90. The van der Waals surface area contributed by atoms with Crippen LogP contribution in [0, 0.1) is 0 Å². The molecule has 0 spiro atoms. The van der Waals surface area contributed by atoms with E-state index in [1.54, 1.807) is 42.2 Å². The molecule has 1 N–H and O–H groups in total. The molecule has 0 unspecified atom stereocenters. The van der Waals surface area contributed by atoms with Crippen LogP contribution in [0.2, 0.25) is 20.1 Å². The zero-order valence-corrected chi connectivity index (χ0v) is 22.0. The quantitative estimate of drug-likeness (QED) is 0.361. The standard InChI is InChI=1S/C23H26Cl4N2O2S/c1-4-14(2)28-23(31)15(3)29(11-16-5-8-19(25)21(27)9-16)22(30)13-32-12-17-6-7-18(24)10-20(17)26/h5-10,14-15H,4,11-13H2,1-3H3,(H,28,31)/t14-,15-/m0/s1. The number of halogens is 4. The normalized spacial score (nSPS) is 12.8. The minimum atomic E-state index is -0.648. The molecule has 0 saturated heterocycles. The largest absolute Gasteiger partial charge is 0.352 e. The van der Waals surface area contributed by atoms with Crippen molar-refractivity contribution in [3.8, 4) is 0 Å². The van der Waals surface area contributed by atoms with Crippen molar-refractivity contribution in [3.05, 3.63) is 67.6 Å². The predicted molar refractivity (Wildman–Crippen MR) is 137 cm³/mol. The highest BCUT2D eigenvalue weighted by atomic mass is 35.5. The van der Waals surface area contributed by atoms with Crippen molar-refractivity contribution in [2.24, 2.45) is 0 Å². The fourth-order valence-electron chi connectivity index (χ4n) is 2.85. The van der Waals surface area contributed by atoms with Crippen LogP contribution in [-0.4, -0.2) is 34.6 Å². The van der Waals surface area contributed by atoms with Gasteiger partial charge in [0.05, 0.1) is 15.8 Å². The summed E-state index contributed by atoms with van der Waals surface area (Å²) >= 11 is 25.8. The molecule has 2 aromatic carbocycles. The van der Waals surface area contributed by atoms with E-state index in [0.717, 1.165) is 17.5 Å². The van der Waals surface area contributed by atoms with E-state index >= 15 is 0 Å². The van der Waals surface area contributed by atoms with Gasteiger partial charge in [-0.05, 0) is 55.7 Å². The minimum absolute atomic E-state index is 0.0216. The van der Waals surface area contributed by atoms with Gasteiger partial charge in [-0.2, -0.15) is 0 Å². The molecule has 4 nitrogen and oxygen atoms in total. The van der Waals surface area contributed by atoms with Gasteiger partial charge in [-0.25, -0.2) is 0 Å². The number of carbonyl (C=O) groups excluding carboxylic acids is 2. The van der Waals surface area contributed by atoms with E-state index in [0.29, 0.717) is 25.8 Å². The third-order valence-corrected chi connectivity index (χ3v) is 7.30. The van der Waals surface area contributed by atoms with Crippen LogP contribution in [0.1, 0.15) is 38.3 Å². The lowest BCUT2D eigenvalue weighted by atomic mass is 10.1. The van der Waals surface area contributed by atoms with Gasteiger partial charge in [0.1, 0.15) is 6.04 Å². The molecule has 0 radical (unpaired) electrons. The van der Waals surface area contributed by atoms with E-state index in [4.69, 9.17) is 46.4 Å². The molecule has 9 heteroatoms. The maximum atomic E-state index is 13.1. The van der Waals surface area contributed by atoms with E-state index in [1.165, 1.54) is 11.8 Å². The Labute approximate surface area is 213 Å². The minimum Gasteiger partial charge on any atom is -0.352 e. The Balaban J connectivity index is 2.13. The summed E-state index contributed by atoms with van der Waals surface area (Å²) in [6, 6.07) is 9.86. The Bertz CT molecular complexity index is 958. The molecule has 2 rings (SSSR count). The van der Waals surface area contributed by atoms with E-state index in [1.807, 2.05) is 19.9 Å². The van der Waals surface area contributed by atoms with Crippen molar-refractivity contribution in [2.75, 3.05) is 5.75 Å². The molecule has 0 bridgehead atoms. The Kier molecular flexibility index (Phi) is 11.0. The zero-order chi connectivity index (χ0) is 23.8. The summed E-state index contributed by atoms with van der Waals surface area (Å²) in [5, 5.41) is 4.91. The van der Waals surface area contributed by atoms with Gasteiger partial charge in [0.2, 0.25) is 11.8 Å². The number of nitrogens with one attached hydrogen (secondary N) is 1. The van der Waals surface area contributed by atoms with E-state index in [-0.39, 0.29) is 30.2 Å². The highest BCUT2D eigenvalue weighted by Crippen LogP contribution is 2.26. The average molecular weight is 536 g/mol. The molecule has 2 amide bonds. The van der Waals surface area contributed by atoms with Crippen LogP contribution in [0.5, 0.6) is 0 Å². The Morgan fingerprint density at radius 2 is 1.72 bits per heavy atom. The Hall–Kier alpha value is -1.11. The van der Waals surface area contributed by atoms with Gasteiger partial charge in [-0.1, -0.05) is 65.5 Å². The lowest BCUT2D eigenvalue weighted by Crippen LogP contribution is -2.50. The molecule has 0 heterocycles. The molecule has 174 valence electrons. The first kappa shape index (κ1) is 27.1. The fraction of sp³-hybridized carbons (Fsp3) is 0.391. The summed E-state index contributed by atoms with van der Waals surface area (Å²) in [5.74, 6) is 0.397. The number of amides is 2. The second kappa shape index (κ2) is 13.0. The number of thioether (sulfide) groups is 1. The summed E-state index contributed by atoms with van der Waals surface area (Å²) in [5.41, 5.74) is 1.69. The lowest BCUT2D eigenvalue weighted by molar-refractivity contribution is -0.138. The second-order valence-electron chi connectivity index (χ2n) is 7.49. The highest BCUT2D eigenvalue weighted by molar-refractivity contribution is 7.99. The Morgan fingerprint density at radius 1 is 1.00 bits per heavy atom. The van der Waals surface area contributed by atoms with Gasteiger partial charge in [0.25, 0.3) is 0 Å². The van der Waals surface area contributed by atoms with Crippen molar-refractivity contribution < 1.29 is 9.59 Å². The van der Waals surface area contributed by atoms with Gasteiger partial charge >= 0.3 is 0 Å². The SMILES string of the molecule is CC[C@H](C)NC(=O)[C@H](C)N(Cc1ccc(Cl)c(Cl)c1)C(=O)CSCc1ccc(Cl)cc1Cl. The monoisotopic (exact) mass is 534 g/mol. The topological polar surface area (TPSA) is 49.4 Å². The number of benzene rings is 2. The maximum absolute atomic E-state index is 13.1. The molecule has 0 aromatic heterocycles. The van der Waals surface area contributed by atoms with Crippen LogP contribution < -0.4 is 5.32 Å². The van der Waals surface area contributed by atoms with E-state index < -0.39 is 6.04 Å². The molecule has 2 atom stereocenters. The first-order valence-corrected chi connectivity index (χ1v) is 12.8. The van der Waals surface area contributed by atoms with Gasteiger partial charge in [-0.3, -0.25) is 9.59 Å². The first-order chi connectivity index (χ1) is 15.1. The number of hydrogen-bond acceptors (Lipinski definition) is 3. The zero-order valence-electron chi connectivity index (χ0n) is 18.1. The van der Waals surface area contributed by atoms with Crippen LogP contribution in [-0.2, 0) is 21.9 Å². The van der Waals surface area contributed by atoms with Crippen LogP contribution in [0.25, 0.3) is 0 Å². The molecule has 0 saturated carbocycles. The molecule has 2 aromatic rings. The molecule has 0 aliphatic carbocycles. The average Bonchev–Trinajstić information content (AvgIpc) is 2.75. The predicted octanol–water partition coefficient (Wildman–Crippen LogP) is 6.87. The molecule has 0 aliphatic heterocycles. The summed E-state index contributed by atoms with van der Waals surface area (Å²) in [7, 11) is 0. The van der Waals surface area contributed by atoms with Crippen LogP contribution in [0.15, 0.2) is 36.4 Å². The number of nitrogens with zero attached hydrogens (tertiary/aromatic N) is 1. The van der Waals surface area contributed by atoms with Crippen molar-refractivity contribution >= 4 is 70.0 Å². The summed E-state index contributed by atoms with van der Waals surface area (Å²) in [4.78, 5) is 27.5. The van der Waals surface area contributed by atoms with Crippen molar-refractivity contribution in [3.63, 3.8) is 0 Å². The molecule has 0 fully saturated rings. The van der Waals surface area contributed by atoms with Gasteiger partial charge < -0.3 is 10.2 Å². The van der Waals surface area contributed by atoms with Crippen LogP contribution in [0.3, 0.4) is 0 Å². The van der Waals surface area contributed by atoms with E-state index in [9.17, 15) is 9.59 Å². The van der Waals surface area contributed by atoms with Crippen LogP contribution >= 0.6 is 58.2 Å². The van der Waals surface area contributed by atoms with Crippen LogP contribution in [0.4, 0.5) is 0 Å². The van der Waals surface area contributed by atoms with Gasteiger partial charge in [0, 0.05) is 28.4 Å². The summed E-state index contributed by atoms with van der Waals surface area (Å²) in [6.07, 6.45) is 0.802. The lowest BCUT2D eigenvalue weighted by Gasteiger charge is -2.29. The molecule has 32 heavy (non-hydrogen) atoms. The van der Waals surface area contributed by atoms with Crippen molar-refractivity contribution in [1.29, 1.82) is 0 Å². The van der Waals surface area contributed by atoms with Gasteiger partial charge in [0.15, 0.2) is 0 Å².